The quantitative estimate of drug-likeness (QED) is 0.578. The van der Waals surface area contributed by atoms with Gasteiger partial charge < -0.3 is 14.6 Å². The standard InChI is InChI=1S/C11H14O4/c1-14-11(8-12,15-2)10(13)9-6-4-3-5-7-9/h3-7,12H,8H2,1-2H3. The summed E-state index contributed by atoms with van der Waals surface area (Å²) in [7, 11) is 2.64. The minimum Gasteiger partial charge on any atom is -0.390 e. The number of carbonyl (C=O) groups excluding carboxylic acids is 1. The minimum absolute atomic E-state index is 0.393. The van der Waals surface area contributed by atoms with Gasteiger partial charge >= 0.3 is 0 Å². The zero-order valence-electron chi connectivity index (χ0n) is 8.77. The summed E-state index contributed by atoms with van der Waals surface area (Å²) in [5, 5.41) is 9.14. The monoisotopic (exact) mass is 210 g/mol. The molecule has 0 bridgehead atoms. The van der Waals surface area contributed by atoms with Crippen LogP contribution >= 0.6 is 0 Å². The topological polar surface area (TPSA) is 55.8 Å². The number of ether oxygens (including phenoxy) is 2. The fourth-order valence-electron chi connectivity index (χ4n) is 1.28. The van der Waals surface area contributed by atoms with Crippen molar-refractivity contribution in [3.05, 3.63) is 35.9 Å². The molecule has 1 rings (SSSR count). The van der Waals surface area contributed by atoms with E-state index in [1.807, 2.05) is 0 Å². The molecule has 0 aliphatic heterocycles. The van der Waals surface area contributed by atoms with Gasteiger partial charge in [0.15, 0.2) is 0 Å². The Morgan fingerprint density at radius 1 is 1.27 bits per heavy atom. The van der Waals surface area contributed by atoms with E-state index in [9.17, 15) is 4.79 Å². The molecule has 0 aliphatic carbocycles. The average Bonchev–Trinajstić information content (AvgIpc) is 2.33. The summed E-state index contributed by atoms with van der Waals surface area (Å²) in [5.74, 6) is -1.99. The molecule has 0 radical (unpaired) electrons. The van der Waals surface area contributed by atoms with Gasteiger partial charge in [0.2, 0.25) is 5.78 Å². The highest BCUT2D eigenvalue weighted by Gasteiger charge is 2.38. The van der Waals surface area contributed by atoms with E-state index in [4.69, 9.17) is 14.6 Å². The average molecular weight is 210 g/mol. The van der Waals surface area contributed by atoms with Gasteiger partial charge in [0, 0.05) is 19.8 Å². The zero-order valence-corrected chi connectivity index (χ0v) is 8.77. The third-order valence-electron chi connectivity index (χ3n) is 2.25. The molecule has 82 valence electrons. The molecule has 0 aromatic heterocycles. The van der Waals surface area contributed by atoms with Crippen molar-refractivity contribution in [2.24, 2.45) is 0 Å². The fraction of sp³-hybridized carbons (Fsp3) is 0.364. The van der Waals surface area contributed by atoms with Crippen LogP contribution in [-0.2, 0) is 9.47 Å². The van der Waals surface area contributed by atoms with E-state index in [0.29, 0.717) is 5.56 Å². The Hall–Kier alpha value is -1.23. The van der Waals surface area contributed by atoms with Gasteiger partial charge in [-0.15, -0.1) is 0 Å². The third kappa shape index (κ3) is 2.23. The highest BCUT2D eigenvalue weighted by atomic mass is 16.7. The first kappa shape index (κ1) is 11.8. The predicted octanol–water partition coefficient (Wildman–Crippen LogP) is 0.851. The fourth-order valence-corrected chi connectivity index (χ4v) is 1.28. The molecule has 0 saturated heterocycles. The van der Waals surface area contributed by atoms with Crippen LogP contribution in [0.2, 0.25) is 0 Å². The van der Waals surface area contributed by atoms with E-state index in [0.717, 1.165) is 0 Å². The molecule has 0 spiro atoms. The van der Waals surface area contributed by atoms with E-state index in [1.165, 1.54) is 14.2 Å². The lowest BCUT2D eigenvalue weighted by atomic mass is 10.0. The van der Waals surface area contributed by atoms with Crippen LogP contribution in [0.1, 0.15) is 10.4 Å². The van der Waals surface area contributed by atoms with Gasteiger partial charge in [-0.3, -0.25) is 4.79 Å². The summed E-state index contributed by atoms with van der Waals surface area (Å²) in [4.78, 5) is 11.9. The Morgan fingerprint density at radius 3 is 2.20 bits per heavy atom. The number of aliphatic hydroxyl groups is 1. The summed E-state index contributed by atoms with van der Waals surface area (Å²) in [6, 6.07) is 8.56. The Bertz CT molecular complexity index is 308. The Labute approximate surface area is 88.4 Å². The van der Waals surface area contributed by atoms with Crippen LogP contribution in [0.15, 0.2) is 30.3 Å². The van der Waals surface area contributed by atoms with Crippen LogP contribution in [0.5, 0.6) is 0 Å². The van der Waals surface area contributed by atoms with Crippen molar-refractivity contribution in [2.45, 2.75) is 5.79 Å². The van der Waals surface area contributed by atoms with Gasteiger partial charge in [0.1, 0.15) is 6.61 Å². The second-order valence-corrected chi connectivity index (χ2v) is 3.01. The van der Waals surface area contributed by atoms with Gasteiger partial charge in [-0.1, -0.05) is 30.3 Å². The molecule has 15 heavy (non-hydrogen) atoms. The van der Waals surface area contributed by atoms with Crippen molar-refractivity contribution in [3.63, 3.8) is 0 Å². The second kappa shape index (κ2) is 5.02. The smallest absolute Gasteiger partial charge is 0.257 e. The van der Waals surface area contributed by atoms with Crippen molar-refractivity contribution in [1.29, 1.82) is 0 Å². The largest absolute Gasteiger partial charge is 0.390 e. The summed E-state index contributed by atoms with van der Waals surface area (Å²) in [6.45, 7) is -0.520. The number of hydrogen-bond donors (Lipinski definition) is 1. The molecular weight excluding hydrogens is 196 g/mol. The lowest BCUT2D eigenvalue weighted by molar-refractivity contribution is -0.189. The van der Waals surface area contributed by atoms with Gasteiger partial charge in [0.25, 0.3) is 5.79 Å². The van der Waals surface area contributed by atoms with E-state index in [2.05, 4.69) is 0 Å². The minimum atomic E-state index is -1.60. The molecule has 1 N–H and O–H groups in total. The van der Waals surface area contributed by atoms with E-state index in [-0.39, 0.29) is 0 Å². The molecule has 4 heteroatoms. The highest BCUT2D eigenvalue weighted by Crippen LogP contribution is 2.17. The van der Waals surface area contributed by atoms with Gasteiger partial charge in [-0.05, 0) is 0 Å². The molecule has 0 heterocycles. The first-order valence-corrected chi connectivity index (χ1v) is 4.51. The van der Waals surface area contributed by atoms with Crippen molar-refractivity contribution in [3.8, 4) is 0 Å². The molecule has 0 unspecified atom stereocenters. The van der Waals surface area contributed by atoms with Crippen molar-refractivity contribution in [2.75, 3.05) is 20.8 Å². The number of ketones is 1. The van der Waals surface area contributed by atoms with Gasteiger partial charge in [0.05, 0.1) is 0 Å². The van der Waals surface area contributed by atoms with Crippen LogP contribution in [0.3, 0.4) is 0 Å². The Morgan fingerprint density at radius 2 is 1.80 bits per heavy atom. The molecule has 0 aliphatic rings. The number of rotatable bonds is 5. The number of hydrogen-bond acceptors (Lipinski definition) is 4. The van der Waals surface area contributed by atoms with E-state index >= 15 is 0 Å². The van der Waals surface area contributed by atoms with Gasteiger partial charge in [-0.2, -0.15) is 0 Å². The molecular formula is C11H14O4. The molecule has 0 amide bonds. The number of benzene rings is 1. The van der Waals surface area contributed by atoms with Crippen molar-refractivity contribution >= 4 is 5.78 Å². The Balaban J connectivity index is 3.01. The molecule has 1 aromatic carbocycles. The lowest BCUT2D eigenvalue weighted by Gasteiger charge is -2.26. The number of carbonyl (C=O) groups is 1. The number of methoxy groups -OCH3 is 2. The maximum absolute atomic E-state index is 11.9. The molecule has 0 fully saturated rings. The highest BCUT2D eigenvalue weighted by molar-refractivity contribution is 6.01. The maximum atomic E-state index is 11.9. The third-order valence-corrected chi connectivity index (χ3v) is 2.25. The van der Waals surface area contributed by atoms with Crippen LogP contribution in [-0.4, -0.2) is 37.5 Å². The molecule has 0 atom stereocenters. The van der Waals surface area contributed by atoms with Crippen molar-refractivity contribution in [1.82, 2.24) is 0 Å². The molecule has 4 nitrogen and oxygen atoms in total. The van der Waals surface area contributed by atoms with Gasteiger partial charge in [-0.25, -0.2) is 0 Å². The van der Waals surface area contributed by atoms with Crippen molar-refractivity contribution < 1.29 is 19.4 Å². The summed E-state index contributed by atoms with van der Waals surface area (Å²) >= 11 is 0. The van der Waals surface area contributed by atoms with E-state index in [1.54, 1.807) is 30.3 Å². The summed E-state index contributed by atoms with van der Waals surface area (Å²) in [6.07, 6.45) is 0. The van der Waals surface area contributed by atoms with E-state index < -0.39 is 18.2 Å². The maximum Gasteiger partial charge on any atom is 0.257 e. The van der Waals surface area contributed by atoms with Crippen LogP contribution in [0.4, 0.5) is 0 Å². The second-order valence-electron chi connectivity index (χ2n) is 3.01. The number of aliphatic hydroxyl groups excluding tert-OH is 1. The zero-order chi connectivity index (χ0) is 11.3. The lowest BCUT2D eigenvalue weighted by Crippen LogP contribution is -2.46. The molecule has 0 saturated carbocycles. The predicted molar refractivity (Wildman–Crippen MR) is 54.6 cm³/mol. The first-order chi connectivity index (χ1) is 7.20. The normalized spacial score (nSPS) is 11.4. The first-order valence-electron chi connectivity index (χ1n) is 4.51. The SMILES string of the molecule is COC(CO)(OC)C(=O)c1ccccc1. The summed E-state index contributed by atoms with van der Waals surface area (Å²) in [5.41, 5.74) is 0.440. The van der Waals surface area contributed by atoms with Crippen LogP contribution in [0, 0.1) is 0 Å². The number of Topliss-reactive ketones (excluding diaryl/α,β-unsaturated/α-hetero) is 1. The summed E-state index contributed by atoms with van der Waals surface area (Å²) < 4.78 is 9.86. The van der Waals surface area contributed by atoms with Crippen LogP contribution in [0.25, 0.3) is 0 Å². The van der Waals surface area contributed by atoms with Crippen LogP contribution < -0.4 is 0 Å². The Kier molecular flexibility index (Phi) is 3.96. The molecule has 1 aromatic rings.